The van der Waals surface area contributed by atoms with Crippen molar-refractivity contribution < 1.29 is 17.9 Å². The summed E-state index contributed by atoms with van der Waals surface area (Å²) in [6.45, 7) is 2.25. The Hall–Kier alpha value is -1.60. The summed E-state index contributed by atoms with van der Waals surface area (Å²) in [5.74, 6) is -0.749. The molecule has 0 bridgehead atoms. The molecule has 1 saturated heterocycles. The molecule has 1 aliphatic rings. The van der Waals surface area contributed by atoms with Crippen molar-refractivity contribution in [2.75, 3.05) is 25.9 Å². The molecular formula is C13H18N2O4S. The predicted molar refractivity (Wildman–Crippen MR) is 74.5 cm³/mol. The summed E-state index contributed by atoms with van der Waals surface area (Å²) in [6, 6.07) is 4.62. The lowest BCUT2D eigenvalue weighted by molar-refractivity contribution is -0.144. The third kappa shape index (κ3) is 2.64. The van der Waals surface area contributed by atoms with Crippen LogP contribution in [-0.2, 0) is 19.6 Å². The van der Waals surface area contributed by atoms with E-state index in [1.54, 1.807) is 19.1 Å². The molecule has 7 heteroatoms. The molecule has 6 nitrogen and oxygen atoms in total. The summed E-state index contributed by atoms with van der Waals surface area (Å²) in [6.07, 6.45) is 0.486. The molecule has 2 rings (SSSR count). The Morgan fingerprint density at radius 1 is 1.45 bits per heavy atom. The molecular weight excluding hydrogens is 280 g/mol. The highest BCUT2D eigenvalue weighted by Gasteiger charge is 2.36. The van der Waals surface area contributed by atoms with E-state index < -0.39 is 10.0 Å². The maximum absolute atomic E-state index is 12.5. The van der Waals surface area contributed by atoms with Gasteiger partial charge in [-0.05, 0) is 37.1 Å². The Balaban J connectivity index is 2.23. The van der Waals surface area contributed by atoms with Crippen LogP contribution in [0, 0.1) is 12.8 Å². The van der Waals surface area contributed by atoms with Crippen LogP contribution in [0.25, 0.3) is 0 Å². The van der Waals surface area contributed by atoms with E-state index in [1.807, 2.05) is 0 Å². The van der Waals surface area contributed by atoms with Gasteiger partial charge in [0, 0.05) is 18.8 Å². The van der Waals surface area contributed by atoms with Gasteiger partial charge in [-0.1, -0.05) is 0 Å². The van der Waals surface area contributed by atoms with Gasteiger partial charge in [0.25, 0.3) is 0 Å². The number of ether oxygens (including phenoxy) is 1. The van der Waals surface area contributed by atoms with Crippen LogP contribution in [0.5, 0.6) is 0 Å². The molecule has 2 N–H and O–H groups in total. The summed E-state index contributed by atoms with van der Waals surface area (Å²) in [7, 11) is -2.27. The molecule has 0 aliphatic carbocycles. The second kappa shape index (κ2) is 5.41. The number of aryl methyl sites for hydroxylation is 1. The van der Waals surface area contributed by atoms with Crippen LogP contribution in [0.2, 0.25) is 0 Å². The largest absolute Gasteiger partial charge is 0.469 e. The Labute approximate surface area is 118 Å². The van der Waals surface area contributed by atoms with Gasteiger partial charge in [0.1, 0.15) is 0 Å². The minimum absolute atomic E-state index is 0.165. The molecule has 0 saturated carbocycles. The molecule has 1 aliphatic heterocycles. The molecule has 110 valence electrons. The molecule has 1 aromatic rings. The summed E-state index contributed by atoms with van der Waals surface area (Å²) < 4.78 is 31.0. The van der Waals surface area contributed by atoms with Gasteiger partial charge in [-0.3, -0.25) is 4.79 Å². The highest BCUT2D eigenvalue weighted by molar-refractivity contribution is 7.89. The lowest BCUT2D eigenvalue weighted by Crippen LogP contribution is -2.30. The van der Waals surface area contributed by atoms with Crippen molar-refractivity contribution in [2.45, 2.75) is 18.2 Å². The number of hydrogen-bond acceptors (Lipinski definition) is 5. The van der Waals surface area contributed by atoms with Gasteiger partial charge in [-0.25, -0.2) is 8.42 Å². The van der Waals surface area contributed by atoms with Gasteiger partial charge in [0.2, 0.25) is 10.0 Å². The molecule has 1 atom stereocenters. The smallest absolute Gasteiger partial charge is 0.310 e. The standard InChI is InChI=1S/C13H18N2O4S/c1-9-7-11(3-4-12(9)14)20(17,18)15-6-5-10(8-15)13(16)19-2/h3-4,7,10H,5-6,8,14H2,1-2H3. The number of anilines is 1. The van der Waals surface area contributed by atoms with Crippen LogP contribution in [0.15, 0.2) is 23.1 Å². The highest BCUT2D eigenvalue weighted by Crippen LogP contribution is 2.26. The highest BCUT2D eigenvalue weighted by atomic mass is 32.2. The van der Waals surface area contributed by atoms with Gasteiger partial charge >= 0.3 is 5.97 Å². The maximum Gasteiger partial charge on any atom is 0.310 e. The third-order valence-corrected chi connectivity index (χ3v) is 5.43. The molecule has 0 aromatic heterocycles. The average molecular weight is 298 g/mol. The monoisotopic (exact) mass is 298 g/mol. The normalized spacial score (nSPS) is 20.0. The Bertz CT molecular complexity index is 627. The van der Waals surface area contributed by atoms with Gasteiger partial charge in [-0.2, -0.15) is 4.31 Å². The summed E-state index contributed by atoms with van der Waals surface area (Å²) in [5, 5.41) is 0. The van der Waals surface area contributed by atoms with E-state index in [-0.39, 0.29) is 23.3 Å². The van der Waals surface area contributed by atoms with E-state index >= 15 is 0 Å². The van der Waals surface area contributed by atoms with Gasteiger partial charge in [0.15, 0.2) is 0 Å². The quantitative estimate of drug-likeness (QED) is 0.657. The zero-order valence-corrected chi connectivity index (χ0v) is 12.3. The van der Waals surface area contributed by atoms with Crippen LogP contribution in [0.1, 0.15) is 12.0 Å². The van der Waals surface area contributed by atoms with E-state index in [2.05, 4.69) is 4.74 Å². The number of nitrogens with two attached hydrogens (primary N) is 1. The number of carbonyl (C=O) groups excluding carboxylic acids is 1. The number of nitrogen functional groups attached to an aromatic ring is 1. The summed E-state index contributed by atoms with van der Waals surface area (Å²) in [4.78, 5) is 11.7. The molecule has 0 spiro atoms. The van der Waals surface area contributed by atoms with E-state index in [9.17, 15) is 13.2 Å². The number of nitrogens with zero attached hydrogens (tertiary/aromatic N) is 1. The fraction of sp³-hybridized carbons (Fsp3) is 0.462. The second-order valence-electron chi connectivity index (χ2n) is 4.89. The van der Waals surface area contributed by atoms with Crippen molar-refractivity contribution in [2.24, 2.45) is 5.92 Å². The minimum atomic E-state index is -3.58. The van der Waals surface area contributed by atoms with E-state index in [4.69, 9.17) is 5.73 Å². The second-order valence-corrected chi connectivity index (χ2v) is 6.83. The number of hydrogen-bond donors (Lipinski definition) is 1. The summed E-state index contributed by atoms with van der Waals surface area (Å²) in [5.41, 5.74) is 6.97. The molecule has 1 heterocycles. The first-order chi connectivity index (χ1) is 9.36. The van der Waals surface area contributed by atoms with Crippen molar-refractivity contribution >= 4 is 21.7 Å². The Morgan fingerprint density at radius 2 is 2.15 bits per heavy atom. The lowest BCUT2D eigenvalue weighted by Gasteiger charge is -2.17. The summed E-state index contributed by atoms with van der Waals surface area (Å²) >= 11 is 0. The number of sulfonamides is 1. The number of carbonyl (C=O) groups is 1. The third-order valence-electron chi connectivity index (χ3n) is 3.56. The maximum atomic E-state index is 12.5. The zero-order valence-electron chi connectivity index (χ0n) is 11.5. The van der Waals surface area contributed by atoms with Gasteiger partial charge in [0.05, 0.1) is 17.9 Å². The van der Waals surface area contributed by atoms with E-state index in [1.165, 1.54) is 17.5 Å². The van der Waals surface area contributed by atoms with Gasteiger partial charge in [-0.15, -0.1) is 0 Å². The van der Waals surface area contributed by atoms with Crippen LogP contribution < -0.4 is 5.73 Å². The van der Waals surface area contributed by atoms with Crippen LogP contribution in [0.3, 0.4) is 0 Å². The lowest BCUT2D eigenvalue weighted by atomic mass is 10.1. The fourth-order valence-corrected chi connectivity index (χ4v) is 3.85. The van der Waals surface area contributed by atoms with Crippen molar-refractivity contribution in [3.8, 4) is 0 Å². The van der Waals surface area contributed by atoms with E-state index in [0.29, 0.717) is 18.7 Å². The number of methoxy groups -OCH3 is 1. The Morgan fingerprint density at radius 3 is 2.75 bits per heavy atom. The van der Waals surface area contributed by atoms with E-state index in [0.717, 1.165) is 5.56 Å². The first kappa shape index (κ1) is 14.8. The zero-order chi connectivity index (χ0) is 14.9. The van der Waals surface area contributed by atoms with Crippen LogP contribution >= 0.6 is 0 Å². The van der Waals surface area contributed by atoms with Crippen molar-refractivity contribution in [1.29, 1.82) is 0 Å². The predicted octanol–water partition coefficient (Wildman–Crippen LogP) is 0.761. The van der Waals surface area contributed by atoms with Crippen LogP contribution in [-0.4, -0.2) is 38.9 Å². The van der Waals surface area contributed by atoms with Crippen molar-refractivity contribution in [3.05, 3.63) is 23.8 Å². The minimum Gasteiger partial charge on any atom is -0.469 e. The number of esters is 1. The topological polar surface area (TPSA) is 89.7 Å². The first-order valence-electron chi connectivity index (χ1n) is 6.30. The van der Waals surface area contributed by atoms with Crippen LogP contribution in [0.4, 0.5) is 5.69 Å². The average Bonchev–Trinajstić information content (AvgIpc) is 2.91. The molecule has 1 fully saturated rings. The van der Waals surface area contributed by atoms with Crippen molar-refractivity contribution in [1.82, 2.24) is 4.31 Å². The molecule has 20 heavy (non-hydrogen) atoms. The fourth-order valence-electron chi connectivity index (χ4n) is 2.26. The molecule has 1 unspecified atom stereocenters. The molecule has 0 radical (unpaired) electrons. The SMILES string of the molecule is COC(=O)C1CCN(S(=O)(=O)c2ccc(N)c(C)c2)C1. The molecule has 1 aromatic carbocycles. The van der Waals surface area contributed by atoms with Gasteiger partial charge < -0.3 is 10.5 Å². The Kier molecular flexibility index (Phi) is 4.01. The number of benzene rings is 1. The number of rotatable bonds is 3. The molecule has 0 amide bonds. The van der Waals surface area contributed by atoms with Crippen molar-refractivity contribution in [3.63, 3.8) is 0 Å². The first-order valence-corrected chi connectivity index (χ1v) is 7.74.